The van der Waals surface area contributed by atoms with Crippen LogP contribution >= 0.6 is 10.5 Å². The molecular weight excluding hydrogens is 226 g/mol. The lowest BCUT2D eigenvalue weighted by Gasteiger charge is -2.42. The van der Waals surface area contributed by atoms with Gasteiger partial charge in [-0.05, 0) is 0 Å². The molecule has 2 rings (SSSR count). The normalized spacial score (nSPS) is 54.7. The molecule has 15 heavy (non-hydrogen) atoms. The van der Waals surface area contributed by atoms with Gasteiger partial charge in [-0.25, -0.2) is 0 Å². The van der Waals surface area contributed by atoms with Crippen LogP contribution in [-0.2, 0) is 9.57 Å². The maximum absolute atomic E-state index is 9.97. The Morgan fingerprint density at radius 2 is 2.00 bits per heavy atom. The zero-order valence-electron chi connectivity index (χ0n) is 7.68. The first-order valence-corrected chi connectivity index (χ1v) is 6.05. The van der Waals surface area contributed by atoms with Gasteiger partial charge in [-0.2, -0.15) is 0 Å². The van der Waals surface area contributed by atoms with Gasteiger partial charge in [0.2, 0.25) is 0 Å². The number of ether oxygens (including phenoxy) is 1. The van der Waals surface area contributed by atoms with E-state index >= 15 is 0 Å². The molecule has 88 valence electrons. The Morgan fingerprint density at radius 1 is 1.27 bits per heavy atom. The van der Waals surface area contributed by atoms with E-state index in [-0.39, 0.29) is 6.61 Å². The fourth-order valence-corrected chi connectivity index (χ4v) is 3.08. The van der Waals surface area contributed by atoms with Crippen LogP contribution in [0.5, 0.6) is 0 Å². The maximum Gasteiger partial charge on any atom is 0.155 e. The fraction of sp³-hybridized carbons (Fsp3) is 0.714. The van der Waals surface area contributed by atoms with Crippen molar-refractivity contribution in [3.63, 3.8) is 0 Å². The summed E-state index contributed by atoms with van der Waals surface area (Å²) >= 11 is 0. The highest BCUT2D eigenvalue weighted by Crippen LogP contribution is 2.51. The zero-order chi connectivity index (χ0) is 11.1. The second-order valence-electron chi connectivity index (χ2n) is 3.40. The quantitative estimate of drug-likeness (QED) is 0.383. The first-order chi connectivity index (χ1) is 7.04. The van der Waals surface area contributed by atoms with Crippen molar-refractivity contribution in [1.82, 2.24) is 4.89 Å². The van der Waals surface area contributed by atoms with E-state index < -0.39 is 34.2 Å². The molecule has 0 aliphatic carbocycles. The summed E-state index contributed by atoms with van der Waals surface area (Å²) in [6.45, 7) is -0.145. The minimum Gasteiger partial charge on any atom is -0.405 e. The molecule has 2 aliphatic rings. The van der Waals surface area contributed by atoms with Crippen molar-refractivity contribution >= 4 is 10.5 Å². The molecule has 0 radical (unpaired) electrons. The lowest BCUT2D eigenvalue weighted by atomic mass is 10.1. The summed E-state index contributed by atoms with van der Waals surface area (Å²) < 4.78 is 15.1. The summed E-state index contributed by atoms with van der Waals surface area (Å²) in [5, 5.41) is 29.6. The number of aliphatic hydroxyl groups excluding tert-OH is 3. The molecule has 0 spiro atoms. The summed E-state index contributed by atoms with van der Waals surface area (Å²) in [5.74, 6) is 0. The number of hydrogen-bond donors (Lipinski definition) is 5. The van der Waals surface area contributed by atoms with Crippen molar-refractivity contribution < 1.29 is 29.4 Å². The van der Waals surface area contributed by atoms with Crippen molar-refractivity contribution in [2.24, 2.45) is 0 Å². The Kier molecular flexibility index (Phi) is 2.90. The highest BCUT2D eigenvalue weighted by Gasteiger charge is 2.47. The van der Waals surface area contributed by atoms with Crippen molar-refractivity contribution in [3.05, 3.63) is 11.7 Å². The van der Waals surface area contributed by atoms with Gasteiger partial charge in [-0.3, -0.25) is 0 Å². The number of rotatable bonds is 1. The van der Waals surface area contributed by atoms with Crippen LogP contribution in [0.25, 0.3) is 0 Å². The van der Waals surface area contributed by atoms with Crippen LogP contribution in [0.2, 0.25) is 0 Å². The molecule has 1 unspecified atom stereocenters. The molecule has 0 saturated carbocycles. The Balaban J connectivity index is 2.13. The van der Waals surface area contributed by atoms with Crippen LogP contribution in [0.15, 0.2) is 11.7 Å². The smallest absolute Gasteiger partial charge is 0.155 e. The van der Waals surface area contributed by atoms with Crippen molar-refractivity contribution in [3.8, 4) is 0 Å². The molecule has 7 nitrogen and oxygen atoms in total. The lowest BCUT2D eigenvalue weighted by Crippen LogP contribution is -2.55. The molecular formula is C7H13NO6S. The maximum atomic E-state index is 9.97. The molecule has 0 amide bonds. The van der Waals surface area contributed by atoms with E-state index in [1.165, 1.54) is 11.7 Å². The van der Waals surface area contributed by atoms with E-state index in [4.69, 9.17) is 4.74 Å². The van der Waals surface area contributed by atoms with Crippen LogP contribution < -0.4 is 4.89 Å². The van der Waals surface area contributed by atoms with Gasteiger partial charge in [0.05, 0.1) is 6.61 Å². The summed E-state index contributed by atoms with van der Waals surface area (Å²) in [6, 6.07) is 0. The highest BCUT2D eigenvalue weighted by atomic mass is 32.3. The molecule has 0 aromatic rings. The Morgan fingerprint density at radius 3 is 2.60 bits per heavy atom. The molecule has 5 N–H and O–H groups in total. The van der Waals surface area contributed by atoms with Crippen LogP contribution in [0.4, 0.5) is 0 Å². The topological polar surface area (TPSA) is 111 Å². The molecule has 0 aromatic carbocycles. The van der Waals surface area contributed by atoms with Crippen LogP contribution in [0, 0.1) is 0 Å². The minimum atomic E-state index is -2.61. The first kappa shape index (κ1) is 11.1. The van der Waals surface area contributed by atoms with Gasteiger partial charge in [0.15, 0.2) is 5.44 Å². The summed E-state index contributed by atoms with van der Waals surface area (Å²) in [6.07, 6.45) is -2.61. The minimum absolute atomic E-state index is 0.145. The highest BCUT2D eigenvalue weighted by molar-refractivity contribution is 8.30. The second kappa shape index (κ2) is 3.91. The number of nitrogens with one attached hydrogen (secondary N) is 1. The van der Waals surface area contributed by atoms with E-state index in [9.17, 15) is 19.9 Å². The summed E-state index contributed by atoms with van der Waals surface area (Å²) in [7, 11) is -2.61. The molecule has 1 saturated heterocycles. The molecule has 8 heteroatoms. The largest absolute Gasteiger partial charge is 0.405 e. The molecule has 1 fully saturated rings. The number of hydrogen-bond acceptors (Lipinski definition) is 7. The van der Waals surface area contributed by atoms with E-state index in [0.717, 1.165) is 0 Å². The van der Waals surface area contributed by atoms with Crippen molar-refractivity contribution in [2.45, 2.75) is 23.7 Å². The number of aliphatic hydroxyl groups is 3. The van der Waals surface area contributed by atoms with Gasteiger partial charge < -0.3 is 29.4 Å². The third-order valence-corrected chi connectivity index (χ3v) is 4.33. The van der Waals surface area contributed by atoms with E-state index in [0.29, 0.717) is 0 Å². The predicted molar refractivity (Wildman–Crippen MR) is 51.3 cm³/mol. The van der Waals surface area contributed by atoms with Crippen LogP contribution in [0.3, 0.4) is 0 Å². The second-order valence-corrected chi connectivity index (χ2v) is 5.65. The molecule has 2 heterocycles. The van der Waals surface area contributed by atoms with Gasteiger partial charge in [0.25, 0.3) is 0 Å². The van der Waals surface area contributed by atoms with E-state index in [1.54, 1.807) is 0 Å². The zero-order valence-corrected chi connectivity index (χ0v) is 8.50. The van der Waals surface area contributed by atoms with Gasteiger partial charge in [-0.1, -0.05) is 4.89 Å². The van der Waals surface area contributed by atoms with Crippen LogP contribution in [0.1, 0.15) is 0 Å². The monoisotopic (exact) mass is 239 g/mol. The molecule has 0 aromatic heterocycles. The fourth-order valence-electron chi connectivity index (χ4n) is 1.47. The third kappa shape index (κ3) is 1.85. The van der Waals surface area contributed by atoms with Crippen LogP contribution in [-0.4, -0.2) is 50.2 Å². The lowest BCUT2D eigenvalue weighted by molar-refractivity contribution is -0.164. The van der Waals surface area contributed by atoms with Gasteiger partial charge in [-0.15, -0.1) is 0 Å². The Labute approximate surface area is 87.5 Å². The standard InChI is InChI=1S/C7H13NO6S/c9-4-3-13-7(6(11)5(4)10)15(12)2-1-14-8-15/h1-2,4-12H,3H2/t4-,5+,6-,7+/m0/s1. The summed E-state index contributed by atoms with van der Waals surface area (Å²) in [4.78, 5) is 6.96. The Bertz CT molecular complexity index is 276. The average molecular weight is 239 g/mol. The summed E-state index contributed by atoms with van der Waals surface area (Å²) in [5.41, 5.74) is -1.02. The molecule has 0 bridgehead atoms. The average Bonchev–Trinajstić information content (AvgIpc) is 2.62. The van der Waals surface area contributed by atoms with E-state index in [2.05, 4.69) is 9.72 Å². The van der Waals surface area contributed by atoms with Gasteiger partial charge in [0, 0.05) is 15.9 Å². The van der Waals surface area contributed by atoms with E-state index in [1.807, 2.05) is 0 Å². The molecule has 2 aliphatic heterocycles. The van der Waals surface area contributed by atoms with Gasteiger partial charge in [0.1, 0.15) is 24.6 Å². The van der Waals surface area contributed by atoms with Gasteiger partial charge >= 0.3 is 0 Å². The van der Waals surface area contributed by atoms with Crippen molar-refractivity contribution in [1.29, 1.82) is 0 Å². The predicted octanol–water partition coefficient (Wildman–Crippen LogP) is -1.38. The first-order valence-electron chi connectivity index (χ1n) is 4.34. The SMILES string of the molecule is O[C@H]1[C@H](O)[C@@H](S2(O)C=CON2)OC[C@@H]1O. The molecule has 5 atom stereocenters. The Hall–Kier alpha value is -0.350. The third-order valence-electron chi connectivity index (χ3n) is 2.32. The van der Waals surface area contributed by atoms with Crippen molar-refractivity contribution in [2.75, 3.05) is 6.61 Å².